The minimum Gasteiger partial charge on any atom is -0.458 e. The van der Waals surface area contributed by atoms with E-state index in [9.17, 15) is 19.2 Å². The minimum atomic E-state index is -1.96. The average molecular weight is 723 g/mol. The van der Waals surface area contributed by atoms with E-state index in [1.54, 1.807) is 32.6 Å². The lowest BCUT2D eigenvalue weighted by molar-refractivity contribution is -0.156. The van der Waals surface area contributed by atoms with Gasteiger partial charge in [-0.3, -0.25) is 9.59 Å². The third kappa shape index (κ3) is 7.55. The van der Waals surface area contributed by atoms with Crippen LogP contribution in [-0.4, -0.2) is 82.3 Å². The summed E-state index contributed by atoms with van der Waals surface area (Å²) in [6.45, 7) is 11.4. The van der Waals surface area contributed by atoms with Crippen molar-refractivity contribution in [3.63, 3.8) is 0 Å². The van der Waals surface area contributed by atoms with Crippen LogP contribution in [0.1, 0.15) is 51.9 Å². The van der Waals surface area contributed by atoms with Gasteiger partial charge < -0.3 is 34.0 Å². The quantitative estimate of drug-likeness (QED) is 0.141. The number of carbonyl (C=O) groups excluding carboxylic acids is 3. The number of esters is 1. The molecule has 2 saturated heterocycles. The molecule has 3 aromatic heterocycles. The van der Waals surface area contributed by atoms with Crippen LogP contribution in [0.5, 0.6) is 0 Å². The SMILES string of the molecule is C=C1C[C@@H](C(=O)OC(C)(C)C)N(c2nc(CC(=O)NCCOC(=O)N3CC[C@](F)(c4cc(Cl)c[nH]c4=O)[C@@H](C)C3)nc3c2oc2ccccc23)C1. The van der Waals surface area contributed by atoms with Gasteiger partial charge in [-0.05, 0) is 39.0 Å². The van der Waals surface area contributed by atoms with Gasteiger partial charge in [0.05, 0.1) is 23.6 Å². The molecule has 4 aromatic rings. The summed E-state index contributed by atoms with van der Waals surface area (Å²) in [7, 11) is 0. The van der Waals surface area contributed by atoms with Crippen LogP contribution in [0.3, 0.4) is 0 Å². The fourth-order valence-corrected chi connectivity index (χ4v) is 6.73. The molecule has 6 rings (SSSR count). The molecular weight excluding hydrogens is 683 g/mol. The predicted octanol–water partition coefficient (Wildman–Crippen LogP) is 5.20. The highest BCUT2D eigenvalue weighted by Gasteiger charge is 2.46. The van der Waals surface area contributed by atoms with E-state index in [4.69, 9.17) is 30.5 Å². The number of amides is 2. The van der Waals surface area contributed by atoms with Crippen molar-refractivity contribution in [2.45, 2.75) is 64.3 Å². The van der Waals surface area contributed by atoms with Crippen molar-refractivity contribution in [3.05, 3.63) is 75.4 Å². The summed E-state index contributed by atoms with van der Waals surface area (Å²) in [4.78, 5) is 66.4. The first-order chi connectivity index (χ1) is 24.1. The van der Waals surface area contributed by atoms with Crippen LogP contribution in [-0.2, 0) is 31.2 Å². The molecule has 0 unspecified atom stereocenters. The Morgan fingerprint density at radius 2 is 2.00 bits per heavy atom. The van der Waals surface area contributed by atoms with Crippen molar-refractivity contribution in [3.8, 4) is 0 Å². The molecule has 270 valence electrons. The van der Waals surface area contributed by atoms with Crippen LogP contribution in [0.4, 0.5) is 15.0 Å². The fraction of sp³-hybridized carbons (Fsp3) is 0.444. The second-order valence-corrected chi connectivity index (χ2v) is 14.5. The molecule has 5 heterocycles. The van der Waals surface area contributed by atoms with E-state index in [-0.39, 0.29) is 55.5 Å². The number of halogens is 2. The van der Waals surface area contributed by atoms with Crippen LogP contribution in [0.25, 0.3) is 22.1 Å². The molecule has 2 amide bonds. The van der Waals surface area contributed by atoms with Crippen molar-refractivity contribution >= 4 is 57.5 Å². The largest absolute Gasteiger partial charge is 0.458 e. The number of pyridine rings is 1. The van der Waals surface area contributed by atoms with Crippen molar-refractivity contribution < 1.29 is 32.7 Å². The summed E-state index contributed by atoms with van der Waals surface area (Å²) in [5, 5.41) is 3.66. The van der Waals surface area contributed by atoms with Gasteiger partial charge in [0.25, 0.3) is 5.56 Å². The number of aromatic amines is 1. The number of likely N-dealkylation sites (tertiary alicyclic amines) is 1. The van der Waals surface area contributed by atoms with Gasteiger partial charge in [-0.1, -0.05) is 42.8 Å². The number of hydrogen-bond donors (Lipinski definition) is 2. The Balaban J connectivity index is 1.10. The number of fused-ring (bicyclic) bond motifs is 3. The van der Waals surface area contributed by atoms with Crippen molar-refractivity contribution in [1.82, 2.24) is 25.2 Å². The number of carbonyl (C=O) groups is 3. The zero-order valence-corrected chi connectivity index (χ0v) is 29.6. The lowest BCUT2D eigenvalue weighted by atomic mass is 9.79. The molecule has 2 aliphatic heterocycles. The minimum absolute atomic E-state index is 0.00924. The Morgan fingerprint density at radius 1 is 1.24 bits per heavy atom. The normalized spacial score (nSPS) is 20.9. The maximum absolute atomic E-state index is 16.0. The number of hydrogen-bond acceptors (Lipinski definition) is 10. The number of benzene rings is 1. The third-order valence-electron chi connectivity index (χ3n) is 9.01. The fourth-order valence-electron chi connectivity index (χ4n) is 6.57. The number of aromatic nitrogens is 3. The van der Waals surface area contributed by atoms with Gasteiger partial charge in [0.15, 0.2) is 11.4 Å². The highest BCUT2D eigenvalue weighted by Crippen LogP contribution is 2.41. The second kappa shape index (κ2) is 14.0. The lowest BCUT2D eigenvalue weighted by Gasteiger charge is -2.40. The number of piperidine rings is 1. The van der Waals surface area contributed by atoms with Crippen LogP contribution in [0.15, 0.2) is 57.9 Å². The molecule has 0 saturated carbocycles. The standard InChI is InChI=1S/C36H40ClFN6O7/c1-20-14-25(33(47)51-35(3,4)5)44(18-20)31-30-29(23-8-6-7-9-26(23)50-30)41-27(42-31)16-28(45)39-11-13-49-34(48)43-12-10-36(38,21(2)19-43)24-15-22(37)17-40-32(24)46/h6-9,15,17,21,25H,1,10-14,16,18-19H2,2-5H3,(H,39,45)(H,40,46)/t21-,25-,36+/m0/s1. The van der Waals surface area contributed by atoms with Gasteiger partial charge in [0, 0.05) is 50.0 Å². The molecular formula is C36H40ClFN6O7. The van der Waals surface area contributed by atoms with Crippen molar-refractivity contribution in [2.24, 2.45) is 5.92 Å². The molecule has 15 heteroatoms. The van der Waals surface area contributed by atoms with Crippen LogP contribution in [0, 0.1) is 5.92 Å². The molecule has 1 aromatic carbocycles. The molecule has 13 nitrogen and oxygen atoms in total. The number of anilines is 1. The molecule has 0 spiro atoms. The van der Waals surface area contributed by atoms with E-state index in [2.05, 4.69) is 21.9 Å². The van der Waals surface area contributed by atoms with E-state index in [0.717, 1.165) is 11.0 Å². The highest BCUT2D eigenvalue weighted by atomic mass is 35.5. The number of nitrogens with zero attached hydrogens (tertiary/aromatic N) is 4. The lowest BCUT2D eigenvalue weighted by Crippen LogP contribution is -2.50. The number of H-pyrrole nitrogens is 1. The van der Waals surface area contributed by atoms with Gasteiger partial charge >= 0.3 is 12.1 Å². The Morgan fingerprint density at radius 3 is 2.75 bits per heavy atom. The van der Waals surface area contributed by atoms with Gasteiger partial charge in [-0.15, -0.1) is 0 Å². The Bertz CT molecular complexity index is 2080. The molecule has 0 bridgehead atoms. The Kier molecular flexibility index (Phi) is 9.82. The smallest absolute Gasteiger partial charge is 0.409 e. The third-order valence-corrected chi connectivity index (χ3v) is 9.23. The number of alkyl halides is 1. The van der Waals surface area contributed by atoms with E-state index in [1.807, 2.05) is 24.3 Å². The van der Waals surface area contributed by atoms with Gasteiger partial charge in [-0.2, -0.15) is 0 Å². The van der Waals surface area contributed by atoms with E-state index < -0.39 is 46.8 Å². The molecule has 2 N–H and O–H groups in total. The van der Waals surface area contributed by atoms with Gasteiger partial charge in [0.1, 0.15) is 40.8 Å². The van der Waals surface area contributed by atoms with Gasteiger partial charge in [0.2, 0.25) is 5.91 Å². The maximum atomic E-state index is 16.0. The van der Waals surface area contributed by atoms with Crippen LogP contribution < -0.4 is 15.8 Å². The first-order valence-electron chi connectivity index (χ1n) is 16.7. The monoisotopic (exact) mass is 722 g/mol. The highest BCUT2D eigenvalue weighted by molar-refractivity contribution is 6.30. The van der Waals surface area contributed by atoms with E-state index in [1.165, 1.54) is 17.2 Å². The second-order valence-electron chi connectivity index (χ2n) is 14.0. The number of nitrogens with one attached hydrogen (secondary N) is 2. The molecule has 2 aliphatic rings. The summed E-state index contributed by atoms with van der Waals surface area (Å²) in [6.07, 6.45) is 0.711. The molecule has 0 radical (unpaired) electrons. The summed E-state index contributed by atoms with van der Waals surface area (Å²) < 4.78 is 33.2. The molecule has 3 atom stereocenters. The molecule has 51 heavy (non-hydrogen) atoms. The van der Waals surface area contributed by atoms with E-state index >= 15 is 4.39 Å². The summed E-state index contributed by atoms with van der Waals surface area (Å²) in [5.74, 6) is -0.979. The van der Waals surface area contributed by atoms with E-state index in [0.29, 0.717) is 35.5 Å². The van der Waals surface area contributed by atoms with Crippen molar-refractivity contribution in [1.29, 1.82) is 0 Å². The first kappa shape index (κ1) is 35.8. The van der Waals surface area contributed by atoms with Crippen LogP contribution in [0.2, 0.25) is 5.02 Å². The number of rotatable bonds is 8. The predicted molar refractivity (Wildman–Crippen MR) is 188 cm³/mol. The van der Waals surface area contributed by atoms with Gasteiger partial charge in [-0.25, -0.2) is 23.9 Å². The maximum Gasteiger partial charge on any atom is 0.409 e. The molecule has 2 fully saturated rings. The topological polar surface area (TPSA) is 160 Å². The zero-order valence-electron chi connectivity index (χ0n) is 28.9. The first-order valence-corrected chi connectivity index (χ1v) is 17.1. The summed E-state index contributed by atoms with van der Waals surface area (Å²) in [6, 6.07) is 7.98. The Labute approximate surface area is 298 Å². The van der Waals surface area contributed by atoms with Crippen molar-refractivity contribution in [2.75, 3.05) is 37.7 Å². The summed E-state index contributed by atoms with van der Waals surface area (Å²) >= 11 is 5.99. The number of para-hydroxylation sites is 1. The Hall–Kier alpha value is -4.98. The number of furan rings is 1. The average Bonchev–Trinajstić information content (AvgIpc) is 3.65. The molecule has 0 aliphatic carbocycles. The van der Waals surface area contributed by atoms with Crippen LogP contribution >= 0.6 is 11.6 Å². The zero-order chi connectivity index (χ0) is 36.7. The summed E-state index contributed by atoms with van der Waals surface area (Å²) in [5.41, 5.74) is -1.01. The number of ether oxygens (including phenoxy) is 2.